The standard InChI is InChI=1S/C11H16N2O5/c1-11(17,5-9(14)15)7-13-10(16)12-6-8-3-2-4-18-8/h2-4,17H,5-7H2,1H3,(H,14,15)(H2,12,13,16). The number of hydrogen-bond donors (Lipinski definition) is 4. The average molecular weight is 256 g/mol. The Morgan fingerprint density at radius 2 is 2.17 bits per heavy atom. The molecule has 1 rings (SSSR count). The van der Waals surface area contributed by atoms with Gasteiger partial charge >= 0.3 is 12.0 Å². The van der Waals surface area contributed by atoms with Gasteiger partial charge in [-0.2, -0.15) is 0 Å². The average Bonchev–Trinajstić information content (AvgIpc) is 2.74. The monoisotopic (exact) mass is 256 g/mol. The van der Waals surface area contributed by atoms with Crippen LogP contribution in [0.25, 0.3) is 0 Å². The third-order valence-corrected chi connectivity index (χ3v) is 2.17. The first-order valence-electron chi connectivity index (χ1n) is 5.37. The number of amides is 2. The van der Waals surface area contributed by atoms with E-state index < -0.39 is 24.0 Å². The highest BCUT2D eigenvalue weighted by Gasteiger charge is 2.24. The van der Waals surface area contributed by atoms with Crippen LogP contribution in [-0.4, -0.2) is 34.4 Å². The molecule has 100 valence electrons. The van der Waals surface area contributed by atoms with Gasteiger partial charge in [-0.25, -0.2) is 4.79 Å². The minimum Gasteiger partial charge on any atom is -0.481 e. The van der Waals surface area contributed by atoms with Crippen LogP contribution >= 0.6 is 0 Å². The molecular formula is C11H16N2O5. The first-order valence-corrected chi connectivity index (χ1v) is 5.37. The van der Waals surface area contributed by atoms with E-state index in [-0.39, 0.29) is 13.1 Å². The summed E-state index contributed by atoms with van der Waals surface area (Å²) in [5.74, 6) is -0.528. The zero-order chi connectivity index (χ0) is 13.6. The van der Waals surface area contributed by atoms with Crippen LogP contribution in [0.1, 0.15) is 19.1 Å². The Hall–Kier alpha value is -2.02. The molecule has 2 amide bonds. The van der Waals surface area contributed by atoms with Crippen molar-refractivity contribution >= 4 is 12.0 Å². The maximum absolute atomic E-state index is 11.3. The van der Waals surface area contributed by atoms with Gasteiger partial charge in [-0.05, 0) is 19.1 Å². The van der Waals surface area contributed by atoms with Crippen molar-refractivity contribution in [3.05, 3.63) is 24.2 Å². The highest BCUT2D eigenvalue weighted by Crippen LogP contribution is 2.07. The van der Waals surface area contributed by atoms with Crippen molar-refractivity contribution in [2.75, 3.05) is 6.54 Å². The number of aliphatic hydroxyl groups is 1. The van der Waals surface area contributed by atoms with Gasteiger partial charge in [0.2, 0.25) is 0 Å². The Bertz CT molecular complexity index is 400. The molecular weight excluding hydrogens is 240 g/mol. The van der Waals surface area contributed by atoms with E-state index in [9.17, 15) is 14.7 Å². The van der Waals surface area contributed by atoms with E-state index in [0.717, 1.165) is 0 Å². The van der Waals surface area contributed by atoms with E-state index in [0.29, 0.717) is 5.76 Å². The highest BCUT2D eigenvalue weighted by atomic mass is 16.4. The molecule has 4 N–H and O–H groups in total. The van der Waals surface area contributed by atoms with E-state index in [2.05, 4.69) is 10.6 Å². The van der Waals surface area contributed by atoms with Crippen LogP contribution in [0.5, 0.6) is 0 Å². The lowest BCUT2D eigenvalue weighted by Crippen LogP contribution is -2.45. The number of carboxylic acids is 1. The molecule has 18 heavy (non-hydrogen) atoms. The summed E-state index contributed by atoms with van der Waals surface area (Å²) in [5.41, 5.74) is -1.48. The van der Waals surface area contributed by atoms with Gasteiger partial charge in [0.1, 0.15) is 5.76 Å². The summed E-state index contributed by atoms with van der Waals surface area (Å²) in [5, 5.41) is 23.1. The lowest BCUT2D eigenvalue weighted by molar-refractivity contribution is -0.141. The largest absolute Gasteiger partial charge is 0.481 e. The van der Waals surface area contributed by atoms with Gasteiger partial charge in [-0.3, -0.25) is 4.79 Å². The van der Waals surface area contributed by atoms with Crippen molar-refractivity contribution in [2.45, 2.75) is 25.5 Å². The molecule has 1 atom stereocenters. The molecule has 0 aliphatic carbocycles. The smallest absolute Gasteiger partial charge is 0.315 e. The van der Waals surface area contributed by atoms with Gasteiger partial charge in [0.15, 0.2) is 0 Å². The highest BCUT2D eigenvalue weighted by molar-refractivity contribution is 5.74. The lowest BCUT2D eigenvalue weighted by atomic mass is 10.0. The van der Waals surface area contributed by atoms with Crippen LogP contribution in [0.3, 0.4) is 0 Å². The van der Waals surface area contributed by atoms with E-state index in [1.807, 2.05) is 0 Å². The Labute approximate surface area is 104 Å². The predicted molar refractivity (Wildman–Crippen MR) is 61.8 cm³/mol. The first kappa shape index (κ1) is 14.0. The van der Waals surface area contributed by atoms with E-state index in [4.69, 9.17) is 9.52 Å². The normalized spacial score (nSPS) is 13.7. The summed E-state index contributed by atoms with van der Waals surface area (Å²) in [7, 11) is 0. The maximum Gasteiger partial charge on any atom is 0.315 e. The van der Waals surface area contributed by atoms with Crippen LogP contribution in [0.4, 0.5) is 4.79 Å². The molecule has 0 spiro atoms. The summed E-state index contributed by atoms with van der Waals surface area (Å²) in [4.78, 5) is 21.8. The Kier molecular flexibility index (Phi) is 4.73. The summed E-state index contributed by atoms with van der Waals surface area (Å²) in [6.07, 6.45) is 1.05. The fraction of sp³-hybridized carbons (Fsp3) is 0.455. The number of carbonyl (C=O) groups excluding carboxylic acids is 1. The molecule has 1 aromatic heterocycles. The quantitative estimate of drug-likeness (QED) is 0.585. The third kappa shape index (κ3) is 5.35. The molecule has 0 saturated heterocycles. The van der Waals surface area contributed by atoms with Crippen LogP contribution in [0.2, 0.25) is 0 Å². The van der Waals surface area contributed by atoms with Gasteiger partial charge in [0, 0.05) is 6.54 Å². The van der Waals surface area contributed by atoms with Crippen molar-refractivity contribution in [1.82, 2.24) is 10.6 Å². The zero-order valence-electron chi connectivity index (χ0n) is 9.97. The molecule has 0 fully saturated rings. The number of furan rings is 1. The molecule has 1 aromatic rings. The molecule has 7 heteroatoms. The number of hydrogen-bond acceptors (Lipinski definition) is 4. The van der Waals surface area contributed by atoms with Crippen molar-refractivity contribution in [3.63, 3.8) is 0 Å². The van der Waals surface area contributed by atoms with E-state index in [1.54, 1.807) is 12.1 Å². The minimum atomic E-state index is -1.48. The second kappa shape index (κ2) is 6.06. The van der Waals surface area contributed by atoms with Crippen molar-refractivity contribution in [3.8, 4) is 0 Å². The van der Waals surface area contributed by atoms with Crippen LogP contribution in [-0.2, 0) is 11.3 Å². The molecule has 7 nitrogen and oxygen atoms in total. The number of carboxylic acid groups (broad SMARTS) is 1. The first-order chi connectivity index (χ1) is 8.39. The van der Waals surface area contributed by atoms with Crippen molar-refractivity contribution < 1.29 is 24.2 Å². The summed E-state index contributed by atoms with van der Waals surface area (Å²) in [6, 6.07) is 2.91. The molecule has 1 unspecified atom stereocenters. The summed E-state index contributed by atoms with van der Waals surface area (Å²) < 4.78 is 5.01. The maximum atomic E-state index is 11.3. The second-order valence-corrected chi connectivity index (χ2v) is 4.18. The molecule has 1 heterocycles. The number of nitrogens with one attached hydrogen (secondary N) is 2. The Morgan fingerprint density at radius 3 is 2.72 bits per heavy atom. The fourth-order valence-corrected chi connectivity index (χ4v) is 1.30. The molecule has 0 radical (unpaired) electrons. The van der Waals surface area contributed by atoms with E-state index in [1.165, 1.54) is 13.2 Å². The van der Waals surface area contributed by atoms with Crippen LogP contribution in [0.15, 0.2) is 22.8 Å². The van der Waals surface area contributed by atoms with Gasteiger partial charge in [-0.15, -0.1) is 0 Å². The van der Waals surface area contributed by atoms with Crippen molar-refractivity contribution in [2.24, 2.45) is 0 Å². The van der Waals surface area contributed by atoms with Gasteiger partial charge in [0.25, 0.3) is 0 Å². The predicted octanol–water partition coefficient (Wildman–Crippen LogP) is 0.304. The van der Waals surface area contributed by atoms with E-state index >= 15 is 0 Å². The molecule has 0 aromatic carbocycles. The zero-order valence-corrected chi connectivity index (χ0v) is 9.97. The number of aliphatic carboxylic acids is 1. The number of urea groups is 1. The molecule has 0 bridgehead atoms. The lowest BCUT2D eigenvalue weighted by Gasteiger charge is -2.21. The van der Waals surface area contributed by atoms with Gasteiger partial charge in [-0.1, -0.05) is 0 Å². The van der Waals surface area contributed by atoms with Crippen molar-refractivity contribution in [1.29, 1.82) is 0 Å². The summed E-state index contributed by atoms with van der Waals surface area (Å²) in [6.45, 7) is 1.41. The number of carbonyl (C=O) groups is 2. The fourth-order valence-electron chi connectivity index (χ4n) is 1.30. The van der Waals surface area contributed by atoms with Crippen LogP contribution < -0.4 is 10.6 Å². The van der Waals surface area contributed by atoms with Gasteiger partial charge < -0.3 is 25.3 Å². The third-order valence-electron chi connectivity index (χ3n) is 2.17. The molecule has 0 aliphatic heterocycles. The summed E-state index contributed by atoms with van der Waals surface area (Å²) >= 11 is 0. The Balaban J connectivity index is 2.26. The second-order valence-electron chi connectivity index (χ2n) is 4.18. The minimum absolute atomic E-state index is 0.150. The topological polar surface area (TPSA) is 112 Å². The molecule has 0 aliphatic rings. The van der Waals surface area contributed by atoms with Crippen LogP contribution in [0, 0.1) is 0 Å². The molecule has 0 saturated carbocycles. The SMILES string of the molecule is CC(O)(CNC(=O)NCc1ccco1)CC(=O)O. The Morgan fingerprint density at radius 1 is 1.44 bits per heavy atom. The number of rotatable bonds is 6. The van der Waals surface area contributed by atoms with Gasteiger partial charge in [0.05, 0.1) is 24.8 Å².